The first-order valence-corrected chi connectivity index (χ1v) is 7.50. The van der Waals surface area contributed by atoms with E-state index in [0.29, 0.717) is 5.92 Å². The predicted molar refractivity (Wildman–Crippen MR) is 77.5 cm³/mol. The number of thiophene rings is 1. The van der Waals surface area contributed by atoms with Crippen molar-refractivity contribution in [3.63, 3.8) is 0 Å². The molecule has 16 heavy (non-hydrogen) atoms. The number of rotatable bonds is 1. The molecule has 3 rings (SSSR count). The average molecular weight is 343 g/mol. The van der Waals surface area contributed by atoms with E-state index in [4.69, 9.17) is 0 Å². The molecule has 0 amide bonds. The second-order valence-electron chi connectivity index (χ2n) is 4.74. The number of aromatic nitrogens is 1. The standard InChI is InChI=1S/C13H14INS/c1-7(2)10-3-8-5-12-9(4-11(8)15-10)6-13(14)16-12/h3,6-7,15H,4-5H2,1-2H3. The zero-order valence-corrected chi connectivity index (χ0v) is 12.4. The highest BCUT2D eigenvalue weighted by atomic mass is 127. The van der Waals surface area contributed by atoms with Crippen molar-refractivity contribution in [2.45, 2.75) is 32.6 Å². The van der Waals surface area contributed by atoms with E-state index in [1.807, 2.05) is 11.3 Å². The number of hydrogen-bond acceptors (Lipinski definition) is 1. The summed E-state index contributed by atoms with van der Waals surface area (Å²) in [5, 5.41) is 0. The number of hydrogen-bond donors (Lipinski definition) is 1. The zero-order chi connectivity index (χ0) is 11.3. The van der Waals surface area contributed by atoms with E-state index in [2.05, 4.69) is 53.6 Å². The largest absolute Gasteiger partial charge is 0.362 e. The minimum atomic E-state index is 0.601. The van der Waals surface area contributed by atoms with Gasteiger partial charge in [-0.1, -0.05) is 13.8 Å². The molecule has 2 heterocycles. The maximum Gasteiger partial charge on any atom is 0.0659 e. The fraction of sp³-hybridized carbons (Fsp3) is 0.385. The van der Waals surface area contributed by atoms with Crippen molar-refractivity contribution in [3.05, 3.63) is 42.4 Å². The Morgan fingerprint density at radius 2 is 2.06 bits per heavy atom. The molecule has 0 saturated carbocycles. The number of nitrogens with one attached hydrogen (secondary N) is 1. The highest BCUT2D eigenvalue weighted by molar-refractivity contribution is 14.1. The summed E-state index contributed by atoms with van der Waals surface area (Å²) in [4.78, 5) is 5.15. The predicted octanol–water partition coefficient (Wildman–Crippen LogP) is 4.30. The fourth-order valence-electron chi connectivity index (χ4n) is 2.28. The maximum atomic E-state index is 3.59. The first-order valence-electron chi connectivity index (χ1n) is 5.61. The Hall–Kier alpha value is -0.290. The van der Waals surface area contributed by atoms with Gasteiger partial charge in [-0.25, -0.2) is 0 Å². The molecule has 0 unspecified atom stereocenters. The number of H-pyrrole nitrogens is 1. The number of aromatic amines is 1. The third-order valence-corrected chi connectivity index (χ3v) is 5.16. The molecule has 1 nitrogen and oxygen atoms in total. The lowest BCUT2D eigenvalue weighted by molar-refractivity contribution is 0.824. The SMILES string of the molecule is CC(C)c1cc2c([nH]1)Cc1cc(I)sc1C2. The van der Waals surface area contributed by atoms with Crippen molar-refractivity contribution in [1.29, 1.82) is 0 Å². The van der Waals surface area contributed by atoms with Crippen LogP contribution in [-0.2, 0) is 12.8 Å². The van der Waals surface area contributed by atoms with Crippen molar-refractivity contribution in [3.8, 4) is 0 Å². The summed E-state index contributed by atoms with van der Waals surface area (Å²) in [7, 11) is 0. The third-order valence-electron chi connectivity index (χ3n) is 3.22. The second-order valence-corrected chi connectivity index (χ2v) is 7.77. The lowest BCUT2D eigenvalue weighted by Crippen LogP contribution is -2.02. The van der Waals surface area contributed by atoms with Crippen LogP contribution < -0.4 is 0 Å². The summed E-state index contributed by atoms with van der Waals surface area (Å²) in [6.45, 7) is 4.49. The van der Waals surface area contributed by atoms with Gasteiger partial charge in [-0.2, -0.15) is 0 Å². The van der Waals surface area contributed by atoms with Crippen LogP contribution in [0.3, 0.4) is 0 Å². The molecule has 0 bridgehead atoms. The molecule has 1 aliphatic carbocycles. The summed E-state index contributed by atoms with van der Waals surface area (Å²) in [6.07, 6.45) is 2.22. The molecule has 1 aliphatic rings. The average Bonchev–Trinajstić information content (AvgIpc) is 2.74. The smallest absolute Gasteiger partial charge is 0.0659 e. The summed E-state index contributed by atoms with van der Waals surface area (Å²) >= 11 is 4.37. The molecular weight excluding hydrogens is 329 g/mol. The van der Waals surface area contributed by atoms with Gasteiger partial charge in [-0.05, 0) is 51.8 Å². The van der Waals surface area contributed by atoms with Gasteiger partial charge in [-0.3, -0.25) is 0 Å². The number of halogens is 1. The van der Waals surface area contributed by atoms with E-state index in [-0.39, 0.29) is 0 Å². The van der Waals surface area contributed by atoms with Crippen molar-refractivity contribution in [1.82, 2.24) is 4.98 Å². The van der Waals surface area contributed by atoms with Gasteiger partial charge in [0.05, 0.1) is 2.88 Å². The van der Waals surface area contributed by atoms with E-state index >= 15 is 0 Å². The summed E-state index contributed by atoms with van der Waals surface area (Å²) in [5.74, 6) is 0.601. The molecule has 0 atom stereocenters. The highest BCUT2D eigenvalue weighted by Crippen LogP contribution is 2.34. The van der Waals surface area contributed by atoms with Crippen LogP contribution >= 0.6 is 33.9 Å². The molecule has 3 heteroatoms. The van der Waals surface area contributed by atoms with Crippen LogP contribution in [0.5, 0.6) is 0 Å². The molecule has 0 spiro atoms. The quantitative estimate of drug-likeness (QED) is 0.634. The van der Waals surface area contributed by atoms with Crippen LogP contribution in [0.15, 0.2) is 12.1 Å². The van der Waals surface area contributed by atoms with Crippen LogP contribution in [0.4, 0.5) is 0 Å². The minimum absolute atomic E-state index is 0.601. The Morgan fingerprint density at radius 1 is 1.25 bits per heavy atom. The second kappa shape index (κ2) is 3.88. The van der Waals surface area contributed by atoms with Crippen LogP contribution in [0, 0.1) is 2.88 Å². The van der Waals surface area contributed by atoms with Crippen molar-refractivity contribution in [2.75, 3.05) is 0 Å². The fourth-order valence-corrected chi connectivity index (χ4v) is 4.38. The van der Waals surface area contributed by atoms with Crippen molar-refractivity contribution >= 4 is 33.9 Å². The van der Waals surface area contributed by atoms with Gasteiger partial charge in [0, 0.05) is 29.1 Å². The van der Waals surface area contributed by atoms with Crippen LogP contribution in [-0.4, -0.2) is 4.98 Å². The first-order chi connectivity index (χ1) is 7.63. The van der Waals surface area contributed by atoms with E-state index < -0.39 is 0 Å². The molecule has 84 valence electrons. The molecule has 0 aliphatic heterocycles. The maximum absolute atomic E-state index is 3.59. The molecule has 0 radical (unpaired) electrons. The lowest BCUT2D eigenvalue weighted by atomic mass is 9.97. The Kier molecular flexibility index (Phi) is 2.63. The van der Waals surface area contributed by atoms with Gasteiger partial charge >= 0.3 is 0 Å². The van der Waals surface area contributed by atoms with E-state index in [1.165, 1.54) is 25.4 Å². The first kappa shape index (κ1) is 10.8. The van der Waals surface area contributed by atoms with Gasteiger partial charge in [0.15, 0.2) is 0 Å². The third kappa shape index (κ3) is 1.74. The van der Waals surface area contributed by atoms with Gasteiger partial charge in [0.2, 0.25) is 0 Å². The van der Waals surface area contributed by atoms with Gasteiger partial charge in [-0.15, -0.1) is 11.3 Å². The number of fused-ring (bicyclic) bond motifs is 2. The summed E-state index contributed by atoms with van der Waals surface area (Å²) in [5.41, 5.74) is 5.86. The van der Waals surface area contributed by atoms with Gasteiger partial charge in [0.25, 0.3) is 0 Å². The molecule has 0 saturated heterocycles. The van der Waals surface area contributed by atoms with Gasteiger partial charge < -0.3 is 4.98 Å². The summed E-state index contributed by atoms with van der Waals surface area (Å²) < 4.78 is 1.41. The Bertz CT molecular complexity index is 495. The van der Waals surface area contributed by atoms with Crippen molar-refractivity contribution < 1.29 is 0 Å². The molecule has 1 N–H and O–H groups in total. The normalized spacial score (nSPS) is 14.0. The van der Waals surface area contributed by atoms with Crippen LogP contribution in [0.2, 0.25) is 0 Å². The topological polar surface area (TPSA) is 15.8 Å². The van der Waals surface area contributed by atoms with Crippen LogP contribution in [0.1, 0.15) is 47.2 Å². The monoisotopic (exact) mass is 343 g/mol. The Morgan fingerprint density at radius 3 is 2.81 bits per heavy atom. The van der Waals surface area contributed by atoms with E-state index in [9.17, 15) is 0 Å². The van der Waals surface area contributed by atoms with Crippen molar-refractivity contribution in [2.24, 2.45) is 0 Å². The zero-order valence-electron chi connectivity index (χ0n) is 9.43. The Balaban J connectivity index is 2.01. The van der Waals surface area contributed by atoms with E-state index in [0.717, 1.165) is 12.8 Å². The molecule has 0 aromatic carbocycles. The van der Waals surface area contributed by atoms with Gasteiger partial charge in [0.1, 0.15) is 0 Å². The molecule has 2 aromatic heterocycles. The lowest BCUT2D eigenvalue weighted by Gasteiger charge is -2.11. The van der Waals surface area contributed by atoms with Crippen LogP contribution in [0.25, 0.3) is 0 Å². The molecular formula is C13H14INS. The Labute approximate surface area is 113 Å². The molecule has 0 fully saturated rings. The molecule has 2 aromatic rings. The summed E-state index contributed by atoms with van der Waals surface area (Å²) in [6, 6.07) is 4.69. The van der Waals surface area contributed by atoms with E-state index in [1.54, 1.807) is 4.88 Å². The minimum Gasteiger partial charge on any atom is -0.362 e. The highest BCUT2D eigenvalue weighted by Gasteiger charge is 2.20.